The van der Waals surface area contributed by atoms with Gasteiger partial charge < -0.3 is 14.4 Å². The summed E-state index contributed by atoms with van der Waals surface area (Å²) in [7, 11) is 3.10. The molecular weight excluding hydrogens is 290 g/mol. The van der Waals surface area contributed by atoms with Crippen LogP contribution in [0.5, 0.6) is 11.5 Å². The fourth-order valence-electron chi connectivity index (χ4n) is 2.48. The van der Waals surface area contributed by atoms with Crippen molar-refractivity contribution in [3.8, 4) is 11.5 Å². The van der Waals surface area contributed by atoms with Gasteiger partial charge in [0.1, 0.15) is 0 Å². The van der Waals surface area contributed by atoms with Crippen LogP contribution in [0.4, 0.5) is 0 Å². The van der Waals surface area contributed by atoms with Gasteiger partial charge in [-0.15, -0.1) is 11.6 Å². The minimum atomic E-state index is -0.0694. The molecular formula is C16H24ClNO3. The van der Waals surface area contributed by atoms with Crippen molar-refractivity contribution < 1.29 is 14.3 Å². The van der Waals surface area contributed by atoms with E-state index in [0.717, 1.165) is 12.8 Å². The number of rotatable bonds is 8. The summed E-state index contributed by atoms with van der Waals surface area (Å²) < 4.78 is 10.6. The van der Waals surface area contributed by atoms with E-state index in [2.05, 4.69) is 13.8 Å². The molecule has 0 atom stereocenters. The van der Waals surface area contributed by atoms with Crippen molar-refractivity contribution in [2.75, 3.05) is 26.6 Å². The van der Waals surface area contributed by atoms with Gasteiger partial charge in [-0.3, -0.25) is 4.79 Å². The first-order chi connectivity index (χ1) is 10.1. The molecule has 0 aliphatic heterocycles. The molecule has 1 amide bonds. The molecule has 0 saturated carbocycles. The zero-order valence-corrected chi connectivity index (χ0v) is 13.9. The molecule has 1 aromatic rings. The van der Waals surface area contributed by atoms with Crippen molar-refractivity contribution in [1.29, 1.82) is 0 Å². The van der Waals surface area contributed by atoms with E-state index in [1.54, 1.807) is 25.3 Å². The molecule has 0 saturated heterocycles. The largest absolute Gasteiger partial charge is 0.493 e. The number of halogens is 1. The first-order valence-corrected chi connectivity index (χ1v) is 7.75. The molecule has 4 nitrogen and oxygen atoms in total. The molecule has 0 spiro atoms. The number of carbonyl (C=O) groups excluding carboxylic acids is 1. The van der Waals surface area contributed by atoms with Crippen LogP contribution in [0.1, 0.15) is 37.0 Å². The summed E-state index contributed by atoms with van der Waals surface area (Å²) >= 11 is 5.87. The predicted molar refractivity (Wildman–Crippen MR) is 85.7 cm³/mol. The minimum absolute atomic E-state index is 0.0694. The Bertz CT molecular complexity index is 461. The Kier molecular flexibility index (Phi) is 7.37. The number of hydrogen-bond donors (Lipinski definition) is 0. The normalized spacial score (nSPS) is 10.6. The molecule has 1 aromatic carbocycles. The van der Waals surface area contributed by atoms with Crippen LogP contribution in [0.2, 0.25) is 0 Å². The van der Waals surface area contributed by atoms with E-state index in [0.29, 0.717) is 29.5 Å². The standard InChI is InChI=1S/C16H24ClNO3/c1-5-12(6-2)18(11-10-17)16(19)13-8-7-9-14(20-3)15(13)21-4/h7-9,12H,5-6,10-11H2,1-4H3. The molecule has 0 aromatic heterocycles. The van der Waals surface area contributed by atoms with Gasteiger partial charge in [0, 0.05) is 18.5 Å². The van der Waals surface area contributed by atoms with E-state index in [1.807, 2.05) is 4.90 Å². The van der Waals surface area contributed by atoms with Crippen LogP contribution in [-0.4, -0.2) is 43.5 Å². The van der Waals surface area contributed by atoms with Crippen molar-refractivity contribution in [2.45, 2.75) is 32.7 Å². The van der Waals surface area contributed by atoms with Gasteiger partial charge in [0.2, 0.25) is 0 Å². The average molecular weight is 314 g/mol. The van der Waals surface area contributed by atoms with Crippen LogP contribution >= 0.6 is 11.6 Å². The Morgan fingerprint density at radius 1 is 1.24 bits per heavy atom. The molecule has 0 heterocycles. The van der Waals surface area contributed by atoms with E-state index in [4.69, 9.17) is 21.1 Å². The second kappa shape index (κ2) is 8.78. The van der Waals surface area contributed by atoms with E-state index in [1.165, 1.54) is 7.11 Å². The summed E-state index contributed by atoms with van der Waals surface area (Å²) in [5.41, 5.74) is 0.508. The zero-order valence-electron chi connectivity index (χ0n) is 13.2. The topological polar surface area (TPSA) is 38.8 Å². The van der Waals surface area contributed by atoms with Gasteiger partial charge >= 0.3 is 0 Å². The summed E-state index contributed by atoms with van der Waals surface area (Å²) in [6.45, 7) is 4.67. The average Bonchev–Trinajstić information content (AvgIpc) is 2.53. The number of ether oxygens (including phenoxy) is 2. The Morgan fingerprint density at radius 2 is 1.90 bits per heavy atom. The fourth-order valence-corrected chi connectivity index (χ4v) is 2.66. The number of benzene rings is 1. The summed E-state index contributed by atoms with van der Waals surface area (Å²) in [5.74, 6) is 1.36. The van der Waals surface area contributed by atoms with E-state index < -0.39 is 0 Å². The number of alkyl halides is 1. The lowest BCUT2D eigenvalue weighted by molar-refractivity contribution is 0.0677. The van der Waals surface area contributed by atoms with Gasteiger partial charge in [0.15, 0.2) is 11.5 Å². The number of nitrogens with zero attached hydrogens (tertiary/aromatic N) is 1. The van der Waals surface area contributed by atoms with Crippen LogP contribution < -0.4 is 9.47 Å². The second-order valence-electron chi connectivity index (χ2n) is 4.70. The molecule has 0 aliphatic carbocycles. The molecule has 118 valence electrons. The Morgan fingerprint density at radius 3 is 2.38 bits per heavy atom. The summed E-state index contributed by atoms with van der Waals surface area (Å²) in [6, 6.07) is 5.50. The minimum Gasteiger partial charge on any atom is -0.493 e. The molecule has 1 rings (SSSR count). The maximum atomic E-state index is 12.9. The Labute approximate surface area is 132 Å². The molecule has 21 heavy (non-hydrogen) atoms. The summed E-state index contributed by atoms with van der Waals surface area (Å²) in [5, 5.41) is 0. The smallest absolute Gasteiger partial charge is 0.258 e. The lowest BCUT2D eigenvalue weighted by Crippen LogP contribution is -2.41. The molecule has 0 N–H and O–H groups in total. The predicted octanol–water partition coefficient (Wildman–Crippen LogP) is 3.57. The van der Waals surface area contributed by atoms with Crippen molar-refractivity contribution in [2.24, 2.45) is 0 Å². The van der Waals surface area contributed by atoms with Crippen LogP contribution in [0.3, 0.4) is 0 Å². The van der Waals surface area contributed by atoms with Crippen LogP contribution in [-0.2, 0) is 0 Å². The Balaban J connectivity index is 3.20. The van der Waals surface area contributed by atoms with Crippen LogP contribution in [0.25, 0.3) is 0 Å². The highest BCUT2D eigenvalue weighted by Gasteiger charge is 2.25. The molecule has 0 aliphatic rings. The quantitative estimate of drug-likeness (QED) is 0.689. The van der Waals surface area contributed by atoms with Crippen molar-refractivity contribution in [1.82, 2.24) is 4.90 Å². The maximum Gasteiger partial charge on any atom is 0.258 e. The monoisotopic (exact) mass is 313 g/mol. The highest BCUT2D eigenvalue weighted by atomic mass is 35.5. The van der Waals surface area contributed by atoms with Gasteiger partial charge in [-0.2, -0.15) is 0 Å². The molecule has 0 fully saturated rings. The third kappa shape index (κ3) is 4.03. The highest BCUT2D eigenvalue weighted by Crippen LogP contribution is 2.32. The number of carbonyl (C=O) groups is 1. The van der Waals surface area contributed by atoms with Gasteiger partial charge in [-0.25, -0.2) is 0 Å². The van der Waals surface area contributed by atoms with Crippen molar-refractivity contribution in [3.63, 3.8) is 0 Å². The number of amides is 1. The Hall–Kier alpha value is -1.42. The first kappa shape index (κ1) is 17.6. The van der Waals surface area contributed by atoms with Gasteiger partial charge in [0.05, 0.1) is 19.8 Å². The lowest BCUT2D eigenvalue weighted by atomic mass is 10.1. The van der Waals surface area contributed by atoms with Gasteiger partial charge in [0.25, 0.3) is 5.91 Å². The van der Waals surface area contributed by atoms with Crippen LogP contribution in [0.15, 0.2) is 18.2 Å². The first-order valence-electron chi connectivity index (χ1n) is 7.22. The third-order valence-electron chi connectivity index (χ3n) is 3.60. The maximum absolute atomic E-state index is 12.9. The molecule has 5 heteroatoms. The zero-order chi connectivity index (χ0) is 15.8. The molecule has 0 radical (unpaired) electrons. The SMILES string of the molecule is CCC(CC)N(CCCl)C(=O)c1cccc(OC)c1OC. The molecule has 0 bridgehead atoms. The van der Waals surface area contributed by atoms with Crippen molar-refractivity contribution >= 4 is 17.5 Å². The van der Waals surface area contributed by atoms with E-state index >= 15 is 0 Å². The number of para-hydroxylation sites is 1. The van der Waals surface area contributed by atoms with Gasteiger partial charge in [-0.05, 0) is 25.0 Å². The number of hydrogen-bond acceptors (Lipinski definition) is 3. The molecule has 0 unspecified atom stereocenters. The number of methoxy groups -OCH3 is 2. The second-order valence-corrected chi connectivity index (χ2v) is 5.08. The van der Waals surface area contributed by atoms with E-state index in [9.17, 15) is 4.79 Å². The lowest BCUT2D eigenvalue weighted by Gasteiger charge is -2.30. The van der Waals surface area contributed by atoms with Crippen molar-refractivity contribution in [3.05, 3.63) is 23.8 Å². The van der Waals surface area contributed by atoms with Gasteiger partial charge in [-0.1, -0.05) is 19.9 Å². The van der Waals surface area contributed by atoms with E-state index in [-0.39, 0.29) is 11.9 Å². The highest BCUT2D eigenvalue weighted by molar-refractivity contribution is 6.18. The van der Waals surface area contributed by atoms with Crippen LogP contribution in [0, 0.1) is 0 Å². The summed E-state index contributed by atoms with van der Waals surface area (Å²) in [6.07, 6.45) is 1.79. The third-order valence-corrected chi connectivity index (χ3v) is 3.77. The fraction of sp³-hybridized carbons (Fsp3) is 0.562. The summed E-state index contributed by atoms with van der Waals surface area (Å²) in [4.78, 5) is 14.7.